The minimum absolute atomic E-state index is 0.134. The molecule has 0 unspecified atom stereocenters. The molecular formula is C41H31NO3. The number of benzene rings is 7. The van der Waals surface area contributed by atoms with E-state index in [2.05, 4.69) is 64.1 Å². The molecule has 4 heteroatoms. The highest BCUT2D eigenvalue weighted by Gasteiger charge is 2.25. The Balaban J connectivity index is 1.55. The standard InChI is InChI=1S/C41H31NO3/c1-22(2)25-12-7-13-26(23(3)4)39(25)42-40(44)35-20-34-32-19-18-28(27-11-6-5-10-24(27)21-43)29-14-8-15-30(36(29)32)31-16-9-17-33(37(31)34)38(35)41(42)45/h5-23H,1-4H3. The average Bonchev–Trinajstić information content (AvgIpc) is 3.31. The minimum Gasteiger partial charge on any atom is -0.298 e. The van der Waals surface area contributed by atoms with Crippen molar-refractivity contribution in [3.63, 3.8) is 0 Å². The molecule has 0 radical (unpaired) electrons. The summed E-state index contributed by atoms with van der Waals surface area (Å²) in [5, 5.41) is 8.90. The van der Waals surface area contributed by atoms with Gasteiger partial charge in [0.25, 0.3) is 11.1 Å². The molecule has 0 aliphatic carbocycles. The number of rotatable bonds is 5. The van der Waals surface area contributed by atoms with Gasteiger partial charge >= 0.3 is 0 Å². The van der Waals surface area contributed by atoms with Gasteiger partial charge in [0.05, 0.1) is 16.5 Å². The van der Waals surface area contributed by atoms with Gasteiger partial charge in [0.15, 0.2) is 6.29 Å². The van der Waals surface area contributed by atoms with E-state index in [9.17, 15) is 14.4 Å². The number of aldehydes is 1. The van der Waals surface area contributed by atoms with Gasteiger partial charge in [-0.3, -0.25) is 14.4 Å². The van der Waals surface area contributed by atoms with Crippen molar-refractivity contribution in [3.8, 4) is 16.8 Å². The van der Waals surface area contributed by atoms with Crippen LogP contribution in [-0.2, 0) is 0 Å². The Labute approximate surface area is 259 Å². The van der Waals surface area contributed by atoms with Crippen LogP contribution in [0.5, 0.6) is 0 Å². The van der Waals surface area contributed by atoms with E-state index in [1.165, 1.54) is 4.57 Å². The zero-order chi connectivity index (χ0) is 31.1. The summed E-state index contributed by atoms with van der Waals surface area (Å²) in [5.41, 5.74) is 4.67. The van der Waals surface area contributed by atoms with Crippen LogP contribution in [0.4, 0.5) is 0 Å². The van der Waals surface area contributed by atoms with E-state index in [0.717, 1.165) is 77.3 Å². The van der Waals surface area contributed by atoms with Crippen molar-refractivity contribution in [2.75, 3.05) is 0 Å². The zero-order valence-corrected chi connectivity index (χ0v) is 25.6. The molecule has 1 aromatic heterocycles. The predicted molar refractivity (Wildman–Crippen MR) is 187 cm³/mol. The maximum absolute atomic E-state index is 14.5. The van der Waals surface area contributed by atoms with Crippen molar-refractivity contribution in [2.24, 2.45) is 0 Å². The second kappa shape index (κ2) is 9.83. The Hall–Kier alpha value is -5.35. The number of nitrogens with zero attached hydrogens (tertiary/aromatic N) is 1. The lowest BCUT2D eigenvalue weighted by Gasteiger charge is -2.19. The molecule has 0 N–H and O–H groups in total. The molecule has 218 valence electrons. The van der Waals surface area contributed by atoms with Crippen LogP contribution in [0, 0.1) is 0 Å². The highest BCUT2D eigenvalue weighted by Crippen LogP contribution is 2.44. The topological polar surface area (TPSA) is 56.1 Å². The highest BCUT2D eigenvalue weighted by atomic mass is 16.2. The lowest BCUT2D eigenvalue weighted by atomic mass is 9.85. The van der Waals surface area contributed by atoms with Gasteiger partial charge in [0, 0.05) is 5.56 Å². The first-order chi connectivity index (χ1) is 21.8. The third-order valence-corrected chi connectivity index (χ3v) is 9.58. The Morgan fingerprint density at radius 1 is 0.511 bits per heavy atom. The number of carbonyl (C=O) groups excluding carboxylic acids is 1. The summed E-state index contributed by atoms with van der Waals surface area (Å²) >= 11 is 0. The number of hydrogen-bond acceptors (Lipinski definition) is 3. The quantitative estimate of drug-likeness (QED) is 0.115. The number of aromatic nitrogens is 1. The van der Waals surface area contributed by atoms with Gasteiger partial charge in [-0.1, -0.05) is 119 Å². The molecule has 0 fully saturated rings. The summed E-state index contributed by atoms with van der Waals surface area (Å²) in [6, 6.07) is 32.2. The number of carbonyl (C=O) groups is 1. The van der Waals surface area contributed by atoms with Crippen LogP contribution >= 0.6 is 0 Å². The van der Waals surface area contributed by atoms with Crippen LogP contribution in [0.2, 0.25) is 0 Å². The lowest BCUT2D eigenvalue weighted by molar-refractivity contribution is 0.112. The first-order valence-corrected chi connectivity index (χ1v) is 15.5. The zero-order valence-electron chi connectivity index (χ0n) is 25.6. The molecular weight excluding hydrogens is 554 g/mol. The Morgan fingerprint density at radius 3 is 1.76 bits per heavy atom. The van der Waals surface area contributed by atoms with E-state index in [4.69, 9.17) is 0 Å². The Kier molecular flexibility index (Phi) is 5.95. The van der Waals surface area contributed by atoms with Crippen LogP contribution in [-0.4, -0.2) is 10.9 Å². The van der Waals surface area contributed by atoms with Crippen LogP contribution < -0.4 is 11.1 Å². The van der Waals surface area contributed by atoms with Crippen molar-refractivity contribution in [3.05, 3.63) is 134 Å². The summed E-state index contributed by atoms with van der Waals surface area (Å²) in [5.74, 6) is 0.268. The normalized spacial score (nSPS) is 12.2. The third kappa shape index (κ3) is 3.69. The first kappa shape index (κ1) is 27.2. The fourth-order valence-electron chi connectivity index (χ4n) is 7.55. The maximum atomic E-state index is 14.5. The number of fused-ring (bicyclic) bond motifs is 4. The number of hydrogen-bond donors (Lipinski definition) is 0. The molecule has 0 amide bonds. The summed E-state index contributed by atoms with van der Waals surface area (Å²) < 4.78 is 1.44. The van der Waals surface area contributed by atoms with Crippen LogP contribution in [0.1, 0.15) is 61.0 Å². The van der Waals surface area contributed by atoms with Gasteiger partial charge in [-0.2, -0.15) is 0 Å². The largest absolute Gasteiger partial charge is 0.298 e. The molecule has 4 nitrogen and oxygen atoms in total. The fraction of sp³-hybridized carbons (Fsp3) is 0.146. The maximum Gasteiger partial charge on any atom is 0.266 e. The van der Waals surface area contributed by atoms with Crippen molar-refractivity contribution in [2.45, 2.75) is 39.5 Å². The summed E-state index contributed by atoms with van der Waals surface area (Å²) in [4.78, 5) is 40.9. The van der Waals surface area contributed by atoms with Crippen molar-refractivity contribution < 1.29 is 4.79 Å². The first-order valence-electron chi connectivity index (χ1n) is 15.5. The van der Waals surface area contributed by atoms with Gasteiger partial charge in [-0.05, 0) is 83.2 Å². The molecule has 1 heterocycles. The van der Waals surface area contributed by atoms with Crippen LogP contribution in [0.25, 0.3) is 70.7 Å². The smallest absolute Gasteiger partial charge is 0.266 e. The molecule has 7 aromatic carbocycles. The second-order valence-corrected chi connectivity index (χ2v) is 12.7. The van der Waals surface area contributed by atoms with Gasteiger partial charge in [0.1, 0.15) is 0 Å². The second-order valence-electron chi connectivity index (χ2n) is 12.7. The monoisotopic (exact) mass is 585 g/mol. The van der Waals surface area contributed by atoms with E-state index < -0.39 is 0 Å². The van der Waals surface area contributed by atoms with Crippen LogP contribution in [0.15, 0.2) is 107 Å². The average molecular weight is 586 g/mol. The number of para-hydroxylation sites is 1. The summed E-state index contributed by atoms with van der Waals surface area (Å²) in [6.45, 7) is 8.40. The molecule has 0 aliphatic rings. The molecule has 0 bridgehead atoms. The van der Waals surface area contributed by atoms with Gasteiger partial charge < -0.3 is 0 Å². The van der Waals surface area contributed by atoms with E-state index in [0.29, 0.717) is 16.3 Å². The van der Waals surface area contributed by atoms with Crippen LogP contribution in [0.3, 0.4) is 0 Å². The van der Waals surface area contributed by atoms with Crippen molar-refractivity contribution >= 4 is 60.1 Å². The lowest BCUT2D eigenvalue weighted by Crippen LogP contribution is -2.26. The van der Waals surface area contributed by atoms with Crippen molar-refractivity contribution in [1.29, 1.82) is 0 Å². The SMILES string of the molecule is CC(C)c1cccc(C(C)C)c1-n1c(=O)c2cc3c4ccc(-c5ccccc5C=O)c5cccc(c6cccc(c2c1=O)c63)c54. The summed E-state index contributed by atoms with van der Waals surface area (Å²) in [6.07, 6.45) is 0.903. The van der Waals surface area contributed by atoms with Gasteiger partial charge in [-0.25, -0.2) is 4.57 Å². The molecule has 45 heavy (non-hydrogen) atoms. The van der Waals surface area contributed by atoms with Gasteiger partial charge in [-0.15, -0.1) is 0 Å². The van der Waals surface area contributed by atoms with E-state index in [1.54, 1.807) is 0 Å². The van der Waals surface area contributed by atoms with E-state index in [1.807, 2.05) is 60.7 Å². The third-order valence-electron chi connectivity index (χ3n) is 9.58. The molecule has 0 spiro atoms. The molecule has 0 saturated heterocycles. The minimum atomic E-state index is -0.278. The molecule has 8 aromatic rings. The Bertz CT molecular complexity index is 2580. The molecule has 0 aliphatic heterocycles. The molecule has 0 saturated carbocycles. The summed E-state index contributed by atoms with van der Waals surface area (Å²) in [7, 11) is 0. The molecule has 0 atom stereocenters. The fourth-order valence-corrected chi connectivity index (χ4v) is 7.55. The Morgan fingerprint density at radius 2 is 1.09 bits per heavy atom. The van der Waals surface area contributed by atoms with E-state index in [-0.39, 0.29) is 23.0 Å². The molecule has 8 rings (SSSR count). The predicted octanol–water partition coefficient (Wildman–Crippen LogP) is 9.57. The highest BCUT2D eigenvalue weighted by molar-refractivity contribution is 6.37. The van der Waals surface area contributed by atoms with Crippen molar-refractivity contribution in [1.82, 2.24) is 4.57 Å². The van der Waals surface area contributed by atoms with Gasteiger partial charge in [0.2, 0.25) is 0 Å². The van der Waals surface area contributed by atoms with E-state index >= 15 is 0 Å².